The van der Waals surface area contributed by atoms with Gasteiger partial charge in [0.2, 0.25) is 0 Å². The van der Waals surface area contributed by atoms with Crippen LogP contribution < -0.4 is 4.90 Å². The minimum Gasteiger partial charge on any atom is -0.480 e. The van der Waals surface area contributed by atoms with Gasteiger partial charge in [-0.1, -0.05) is 17.7 Å². The number of carboxylic acid groups (broad SMARTS) is 1. The number of hydrogen-bond acceptors (Lipinski definition) is 3. The molecular weight excluding hydrogens is 282 g/mol. The van der Waals surface area contributed by atoms with Crippen LogP contribution in [-0.4, -0.2) is 23.5 Å². The van der Waals surface area contributed by atoms with E-state index in [0.29, 0.717) is 5.69 Å². The Labute approximate surface area is 120 Å². The molecule has 0 radical (unpaired) electrons. The number of carbonyl (C=O) groups excluding carboxylic acids is 1. The summed E-state index contributed by atoms with van der Waals surface area (Å²) < 4.78 is 5.03. The van der Waals surface area contributed by atoms with Gasteiger partial charge in [-0.3, -0.25) is 14.5 Å². The third-order valence-corrected chi connectivity index (χ3v) is 2.87. The number of hydrogen-bond donors (Lipinski definition) is 1. The number of benzene rings is 1. The molecular formula is C14H12ClNO4. The fraction of sp³-hybridized carbons (Fsp3) is 0.143. The number of nitrogens with zero attached hydrogens (tertiary/aromatic N) is 1. The molecule has 0 atom stereocenters. The Hall–Kier alpha value is -2.27. The largest absolute Gasteiger partial charge is 0.480 e. The first kappa shape index (κ1) is 14.1. The Bertz CT molecular complexity index is 633. The summed E-state index contributed by atoms with van der Waals surface area (Å²) >= 11 is 5.63. The Morgan fingerprint density at radius 2 is 1.85 bits per heavy atom. The highest BCUT2D eigenvalue weighted by molar-refractivity contribution is 6.29. The zero-order chi connectivity index (χ0) is 14.7. The van der Waals surface area contributed by atoms with E-state index in [4.69, 9.17) is 21.1 Å². The molecule has 2 rings (SSSR count). The number of amides is 1. The van der Waals surface area contributed by atoms with Crippen molar-refractivity contribution >= 4 is 29.2 Å². The molecule has 0 aliphatic carbocycles. The molecule has 1 aromatic heterocycles. The van der Waals surface area contributed by atoms with Gasteiger partial charge in [-0.05, 0) is 42.8 Å². The molecule has 0 aliphatic rings. The van der Waals surface area contributed by atoms with Gasteiger partial charge in [-0.25, -0.2) is 0 Å². The topological polar surface area (TPSA) is 70.8 Å². The van der Waals surface area contributed by atoms with E-state index < -0.39 is 18.4 Å². The molecule has 6 heteroatoms. The lowest BCUT2D eigenvalue weighted by atomic mass is 10.2. The van der Waals surface area contributed by atoms with Crippen LogP contribution in [0.25, 0.3) is 0 Å². The first-order chi connectivity index (χ1) is 9.47. The number of carboxylic acids is 1. The Morgan fingerprint density at radius 1 is 1.20 bits per heavy atom. The molecule has 0 spiro atoms. The van der Waals surface area contributed by atoms with Crippen molar-refractivity contribution < 1.29 is 19.1 Å². The summed E-state index contributed by atoms with van der Waals surface area (Å²) in [6.45, 7) is 1.44. The zero-order valence-corrected chi connectivity index (χ0v) is 11.4. The van der Waals surface area contributed by atoms with E-state index in [1.807, 2.05) is 6.92 Å². The summed E-state index contributed by atoms with van der Waals surface area (Å²) in [5.74, 6) is -1.67. The molecule has 0 saturated heterocycles. The predicted octanol–water partition coefficient (Wildman–Crippen LogP) is 2.97. The summed E-state index contributed by atoms with van der Waals surface area (Å²) in [6.07, 6.45) is 0. The van der Waals surface area contributed by atoms with Crippen LogP contribution in [0.15, 0.2) is 40.8 Å². The summed E-state index contributed by atoms with van der Waals surface area (Å²) in [5, 5.41) is 9.03. The first-order valence-corrected chi connectivity index (χ1v) is 6.21. The molecule has 20 heavy (non-hydrogen) atoms. The van der Waals surface area contributed by atoms with Gasteiger partial charge in [0.15, 0.2) is 11.0 Å². The average molecular weight is 294 g/mol. The van der Waals surface area contributed by atoms with Crippen LogP contribution in [0.5, 0.6) is 0 Å². The fourth-order valence-corrected chi connectivity index (χ4v) is 1.85. The SMILES string of the molecule is Cc1ccc(N(CC(=O)O)C(=O)c2ccc(Cl)o2)cc1. The Balaban J connectivity index is 2.34. The second-order valence-corrected chi connectivity index (χ2v) is 4.60. The van der Waals surface area contributed by atoms with Crippen molar-refractivity contribution in [2.45, 2.75) is 6.92 Å². The summed E-state index contributed by atoms with van der Waals surface area (Å²) in [7, 11) is 0. The van der Waals surface area contributed by atoms with E-state index in [9.17, 15) is 9.59 Å². The van der Waals surface area contributed by atoms with Gasteiger partial charge in [-0.2, -0.15) is 0 Å². The van der Waals surface area contributed by atoms with Crippen LogP contribution in [0.4, 0.5) is 5.69 Å². The number of halogens is 1. The summed E-state index contributed by atoms with van der Waals surface area (Å²) in [4.78, 5) is 24.4. The molecule has 1 N–H and O–H groups in total. The molecule has 0 fully saturated rings. The molecule has 1 aromatic carbocycles. The lowest BCUT2D eigenvalue weighted by Gasteiger charge is -2.19. The second kappa shape index (κ2) is 5.79. The molecule has 104 valence electrons. The lowest BCUT2D eigenvalue weighted by Crippen LogP contribution is -2.35. The van der Waals surface area contributed by atoms with Crippen molar-refractivity contribution in [3.63, 3.8) is 0 Å². The van der Waals surface area contributed by atoms with Gasteiger partial charge in [0.1, 0.15) is 6.54 Å². The minimum absolute atomic E-state index is 0.00294. The van der Waals surface area contributed by atoms with Gasteiger partial charge in [0.25, 0.3) is 5.91 Å². The van der Waals surface area contributed by atoms with Crippen LogP contribution in [-0.2, 0) is 4.79 Å². The predicted molar refractivity (Wildman–Crippen MR) is 74.2 cm³/mol. The standard InChI is InChI=1S/C14H12ClNO4/c1-9-2-4-10(5-3-9)16(8-13(17)18)14(19)11-6-7-12(15)20-11/h2-7H,8H2,1H3,(H,17,18). The van der Waals surface area contributed by atoms with Gasteiger partial charge in [-0.15, -0.1) is 0 Å². The van der Waals surface area contributed by atoms with Crippen LogP contribution in [0.3, 0.4) is 0 Å². The van der Waals surface area contributed by atoms with Crippen molar-refractivity contribution in [3.05, 3.63) is 52.9 Å². The Kier molecular flexibility index (Phi) is 4.10. The molecule has 5 nitrogen and oxygen atoms in total. The third-order valence-electron chi connectivity index (χ3n) is 2.67. The van der Waals surface area contributed by atoms with E-state index in [1.165, 1.54) is 12.1 Å². The lowest BCUT2D eigenvalue weighted by molar-refractivity contribution is -0.135. The highest BCUT2D eigenvalue weighted by Gasteiger charge is 2.23. The van der Waals surface area contributed by atoms with E-state index in [-0.39, 0.29) is 11.0 Å². The van der Waals surface area contributed by atoms with Crippen molar-refractivity contribution in [3.8, 4) is 0 Å². The number of rotatable bonds is 4. The number of anilines is 1. The Morgan fingerprint density at radius 3 is 2.35 bits per heavy atom. The van der Waals surface area contributed by atoms with Crippen LogP contribution in [0, 0.1) is 6.92 Å². The minimum atomic E-state index is -1.11. The van der Waals surface area contributed by atoms with E-state index in [1.54, 1.807) is 24.3 Å². The highest BCUT2D eigenvalue weighted by atomic mass is 35.5. The maximum absolute atomic E-state index is 12.3. The monoisotopic (exact) mass is 293 g/mol. The highest BCUT2D eigenvalue weighted by Crippen LogP contribution is 2.20. The fourth-order valence-electron chi connectivity index (χ4n) is 1.70. The van der Waals surface area contributed by atoms with Crippen molar-refractivity contribution in [2.75, 3.05) is 11.4 Å². The number of carbonyl (C=O) groups is 2. The number of aryl methyl sites for hydroxylation is 1. The molecule has 1 heterocycles. The molecule has 0 unspecified atom stereocenters. The van der Waals surface area contributed by atoms with E-state index in [0.717, 1.165) is 10.5 Å². The molecule has 0 bridgehead atoms. The quantitative estimate of drug-likeness (QED) is 0.941. The second-order valence-electron chi connectivity index (χ2n) is 4.22. The van der Waals surface area contributed by atoms with E-state index >= 15 is 0 Å². The van der Waals surface area contributed by atoms with Gasteiger partial charge in [0, 0.05) is 5.69 Å². The maximum Gasteiger partial charge on any atom is 0.323 e. The molecule has 1 amide bonds. The van der Waals surface area contributed by atoms with Gasteiger partial charge >= 0.3 is 5.97 Å². The zero-order valence-electron chi connectivity index (χ0n) is 10.7. The average Bonchev–Trinajstić information content (AvgIpc) is 2.83. The number of furan rings is 1. The van der Waals surface area contributed by atoms with Crippen molar-refractivity contribution in [2.24, 2.45) is 0 Å². The number of aliphatic carboxylic acids is 1. The van der Waals surface area contributed by atoms with Crippen LogP contribution >= 0.6 is 11.6 Å². The van der Waals surface area contributed by atoms with Crippen molar-refractivity contribution in [1.82, 2.24) is 0 Å². The van der Waals surface area contributed by atoms with Crippen molar-refractivity contribution in [1.29, 1.82) is 0 Å². The smallest absolute Gasteiger partial charge is 0.323 e. The molecule has 0 saturated carbocycles. The summed E-state index contributed by atoms with van der Waals surface area (Å²) in [5.41, 5.74) is 1.49. The van der Waals surface area contributed by atoms with E-state index in [2.05, 4.69) is 0 Å². The first-order valence-electron chi connectivity index (χ1n) is 5.83. The van der Waals surface area contributed by atoms with Crippen LogP contribution in [0.2, 0.25) is 5.22 Å². The van der Waals surface area contributed by atoms with Gasteiger partial charge < -0.3 is 9.52 Å². The molecule has 0 aliphatic heterocycles. The normalized spacial score (nSPS) is 10.3. The third kappa shape index (κ3) is 3.19. The maximum atomic E-state index is 12.3. The molecule has 2 aromatic rings. The van der Waals surface area contributed by atoms with Gasteiger partial charge in [0.05, 0.1) is 0 Å². The van der Waals surface area contributed by atoms with Crippen LogP contribution in [0.1, 0.15) is 16.1 Å². The summed E-state index contributed by atoms with van der Waals surface area (Å²) in [6, 6.07) is 9.80.